The van der Waals surface area contributed by atoms with Crippen LogP contribution in [0.4, 0.5) is 0 Å². The van der Waals surface area contributed by atoms with Gasteiger partial charge in [-0.25, -0.2) is 0 Å². The van der Waals surface area contributed by atoms with Crippen molar-refractivity contribution in [3.63, 3.8) is 0 Å². The number of allylic oxidation sites excluding steroid dienone is 1. The number of hydrogen-bond donors (Lipinski definition) is 1. The van der Waals surface area contributed by atoms with E-state index in [4.69, 9.17) is 0 Å². The lowest BCUT2D eigenvalue weighted by Gasteiger charge is -2.03. The van der Waals surface area contributed by atoms with E-state index in [1.54, 1.807) is 0 Å². The van der Waals surface area contributed by atoms with Gasteiger partial charge in [-0.2, -0.15) is 0 Å². The van der Waals surface area contributed by atoms with Crippen molar-refractivity contribution in [2.24, 2.45) is 0 Å². The Kier molecular flexibility index (Phi) is 17.4. The van der Waals surface area contributed by atoms with Crippen molar-refractivity contribution in [1.82, 2.24) is 0 Å². The van der Waals surface area contributed by atoms with E-state index >= 15 is 0 Å². The first-order valence-corrected chi connectivity index (χ1v) is 9.84. The minimum Gasteiger partial charge on any atom is -0.389 e. The molecule has 0 fully saturated rings. The predicted molar refractivity (Wildman–Crippen MR) is 94.6 cm³/mol. The largest absolute Gasteiger partial charge is 0.389 e. The van der Waals surface area contributed by atoms with Gasteiger partial charge < -0.3 is 5.11 Å². The molecule has 120 valence electrons. The molecule has 1 nitrogen and oxygen atoms in total. The van der Waals surface area contributed by atoms with Crippen molar-refractivity contribution in [2.75, 3.05) is 5.33 Å². The number of aliphatic hydroxyl groups is 1. The second-order valence-corrected chi connectivity index (χ2v) is 6.59. The third kappa shape index (κ3) is 16.2. The molecular weight excluding hydrogens is 312 g/mol. The number of rotatable bonds is 15. The molecule has 0 unspecified atom stereocenters. The normalized spacial score (nSPS) is 13.2. The summed E-state index contributed by atoms with van der Waals surface area (Å²) in [6.07, 6.45) is 20.6. The van der Waals surface area contributed by atoms with Gasteiger partial charge in [0.2, 0.25) is 0 Å². The van der Waals surface area contributed by atoms with Crippen LogP contribution < -0.4 is 0 Å². The summed E-state index contributed by atoms with van der Waals surface area (Å²) in [6.45, 7) is 2.16. The zero-order chi connectivity index (χ0) is 14.9. The number of unbranched alkanes of at least 4 members (excludes halogenated alkanes) is 10. The van der Waals surface area contributed by atoms with Crippen LogP contribution in [0.2, 0.25) is 0 Å². The summed E-state index contributed by atoms with van der Waals surface area (Å²) in [7, 11) is 0. The molecule has 2 heteroatoms. The third-order valence-electron chi connectivity index (χ3n) is 3.72. The van der Waals surface area contributed by atoms with Gasteiger partial charge in [0.05, 0.1) is 6.10 Å². The Morgan fingerprint density at radius 1 is 0.850 bits per heavy atom. The molecule has 0 aliphatic carbocycles. The maximum Gasteiger partial charge on any atom is 0.0720 e. The summed E-state index contributed by atoms with van der Waals surface area (Å²) < 4.78 is 0. The highest BCUT2D eigenvalue weighted by atomic mass is 79.9. The van der Waals surface area contributed by atoms with E-state index in [-0.39, 0.29) is 6.10 Å². The number of aliphatic hydroxyl groups excluding tert-OH is 1. The second-order valence-electron chi connectivity index (χ2n) is 5.80. The van der Waals surface area contributed by atoms with Gasteiger partial charge in [-0.1, -0.05) is 92.8 Å². The monoisotopic (exact) mass is 346 g/mol. The molecule has 0 spiro atoms. The third-order valence-corrected chi connectivity index (χ3v) is 4.28. The first kappa shape index (κ1) is 20.2. The number of alkyl halides is 1. The van der Waals surface area contributed by atoms with Gasteiger partial charge in [-0.3, -0.25) is 0 Å². The SMILES string of the molecule is CCCC[C@@H](O)/C=C\CCCCCCCCCCCBr. The maximum absolute atomic E-state index is 9.65. The first-order chi connectivity index (χ1) is 9.81. The van der Waals surface area contributed by atoms with Gasteiger partial charge in [0.1, 0.15) is 0 Å². The molecule has 1 atom stereocenters. The molecular formula is C18H35BrO. The molecule has 20 heavy (non-hydrogen) atoms. The fraction of sp³-hybridized carbons (Fsp3) is 0.889. The molecule has 1 N–H and O–H groups in total. The van der Waals surface area contributed by atoms with E-state index in [0.29, 0.717) is 0 Å². The Morgan fingerprint density at radius 2 is 1.40 bits per heavy atom. The molecule has 0 aromatic carbocycles. The van der Waals surface area contributed by atoms with Crippen molar-refractivity contribution in [1.29, 1.82) is 0 Å². The van der Waals surface area contributed by atoms with Crippen LogP contribution in [0, 0.1) is 0 Å². The standard InChI is InChI=1S/C18H35BrO/c1-2-3-15-18(20)16-13-11-9-7-5-4-6-8-10-12-14-17-19/h13,16,18,20H,2-12,14-15,17H2,1H3/b16-13-/t18-/m1/s1. The van der Waals surface area contributed by atoms with Crippen LogP contribution in [-0.4, -0.2) is 16.5 Å². The molecule has 0 aliphatic rings. The highest BCUT2D eigenvalue weighted by Gasteiger charge is 1.96. The summed E-state index contributed by atoms with van der Waals surface area (Å²) >= 11 is 3.47. The Hall–Kier alpha value is 0.180. The zero-order valence-corrected chi connectivity index (χ0v) is 15.0. The van der Waals surface area contributed by atoms with E-state index in [1.807, 2.05) is 6.08 Å². The molecule has 0 aliphatic heterocycles. The summed E-state index contributed by atoms with van der Waals surface area (Å²) in [5.41, 5.74) is 0. The van der Waals surface area contributed by atoms with Crippen LogP contribution in [0.5, 0.6) is 0 Å². The minimum absolute atomic E-state index is 0.213. The summed E-state index contributed by atoms with van der Waals surface area (Å²) in [5.74, 6) is 0. The molecule has 0 radical (unpaired) electrons. The van der Waals surface area contributed by atoms with Gasteiger partial charge in [-0.15, -0.1) is 0 Å². The molecule has 0 amide bonds. The summed E-state index contributed by atoms with van der Waals surface area (Å²) in [5, 5.41) is 10.8. The summed E-state index contributed by atoms with van der Waals surface area (Å²) in [4.78, 5) is 0. The first-order valence-electron chi connectivity index (χ1n) is 8.72. The van der Waals surface area contributed by atoms with Gasteiger partial charge >= 0.3 is 0 Å². The van der Waals surface area contributed by atoms with Gasteiger partial charge in [0.15, 0.2) is 0 Å². The van der Waals surface area contributed by atoms with Crippen LogP contribution in [-0.2, 0) is 0 Å². The molecule has 0 aromatic rings. The fourth-order valence-corrected chi connectivity index (χ4v) is 2.75. The van der Waals surface area contributed by atoms with Crippen molar-refractivity contribution >= 4 is 15.9 Å². The smallest absolute Gasteiger partial charge is 0.0720 e. The lowest BCUT2D eigenvalue weighted by Crippen LogP contribution is -2.00. The zero-order valence-electron chi connectivity index (χ0n) is 13.5. The van der Waals surface area contributed by atoms with Crippen LogP contribution in [0.15, 0.2) is 12.2 Å². The van der Waals surface area contributed by atoms with Crippen molar-refractivity contribution < 1.29 is 5.11 Å². The maximum atomic E-state index is 9.65. The van der Waals surface area contributed by atoms with E-state index < -0.39 is 0 Å². The average Bonchev–Trinajstić information content (AvgIpc) is 2.46. The average molecular weight is 347 g/mol. The van der Waals surface area contributed by atoms with E-state index in [9.17, 15) is 5.11 Å². The molecule has 0 bridgehead atoms. The minimum atomic E-state index is -0.213. The van der Waals surface area contributed by atoms with Gasteiger partial charge in [-0.05, 0) is 25.7 Å². The van der Waals surface area contributed by atoms with Crippen molar-refractivity contribution in [3.05, 3.63) is 12.2 Å². The Balaban J connectivity index is 3.14. The molecule has 0 saturated heterocycles. The summed E-state index contributed by atoms with van der Waals surface area (Å²) in [6, 6.07) is 0. The predicted octanol–water partition coefficient (Wildman–Crippen LogP) is 6.39. The lowest BCUT2D eigenvalue weighted by molar-refractivity contribution is 0.209. The van der Waals surface area contributed by atoms with E-state index in [2.05, 4.69) is 28.9 Å². The molecule has 0 aromatic heterocycles. The number of hydrogen-bond acceptors (Lipinski definition) is 1. The molecule has 0 rings (SSSR count). The molecule has 0 saturated carbocycles. The van der Waals surface area contributed by atoms with Gasteiger partial charge in [0.25, 0.3) is 0 Å². The van der Waals surface area contributed by atoms with Crippen LogP contribution in [0.1, 0.15) is 90.4 Å². The second kappa shape index (κ2) is 17.2. The number of halogens is 1. The molecule has 0 heterocycles. The van der Waals surface area contributed by atoms with E-state index in [0.717, 1.165) is 24.6 Å². The Labute approximate surface area is 135 Å². The van der Waals surface area contributed by atoms with Crippen LogP contribution in [0.3, 0.4) is 0 Å². The van der Waals surface area contributed by atoms with Crippen LogP contribution >= 0.6 is 15.9 Å². The van der Waals surface area contributed by atoms with Gasteiger partial charge in [0, 0.05) is 5.33 Å². The fourth-order valence-electron chi connectivity index (χ4n) is 2.36. The quantitative estimate of drug-likeness (QED) is 0.207. The Morgan fingerprint density at radius 3 is 1.95 bits per heavy atom. The lowest BCUT2D eigenvalue weighted by atomic mass is 10.1. The topological polar surface area (TPSA) is 20.2 Å². The Bertz CT molecular complexity index is 204. The highest BCUT2D eigenvalue weighted by Crippen LogP contribution is 2.11. The van der Waals surface area contributed by atoms with Crippen molar-refractivity contribution in [3.8, 4) is 0 Å². The highest BCUT2D eigenvalue weighted by molar-refractivity contribution is 9.09. The van der Waals surface area contributed by atoms with Crippen LogP contribution in [0.25, 0.3) is 0 Å². The van der Waals surface area contributed by atoms with E-state index in [1.165, 1.54) is 64.2 Å². The van der Waals surface area contributed by atoms with Crippen molar-refractivity contribution in [2.45, 2.75) is 96.5 Å².